The third-order valence-corrected chi connectivity index (χ3v) is 2.25. The summed E-state index contributed by atoms with van der Waals surface area (Å²) in [6.07, 6.45) is 2.35. The van der Waals surface area contributed by atoms with Gasteiger partial charge in [0.2, 0.25) is 0 Å². The van der Waals surface area contributed by atoms with E-state index in [-0.39, 0.29) is 0 Å². The lowest BCUT2D eigenvalue weighted by atomic mass is 10.0. The van der Waals surface area contributed by atoms with Crippen LogP contribution in [-0.4, -0.2) is 0 Å². The maximum Gasteiger partial charge on any atom is -0.00963 e. The van der Waals surface area contributed by atoms with Gasteiger partial charge in [-0.2, -0.15) is 0 Å². The van der Waals surface area contributed by atoms with E-state index in [1.54, 1.807) is 0 Å². The van der Waals surface area contributed by atoms with Gasteiger partial charge in [-0.3, -0.25) is 0 Å². The fourth-order valence-electron chi connectivity index (χ4n) is 1.60. The topological polar surface area (TPSA) is 0 Å². The highest BCUT2D eigenvalue weighted by Crippen LogP contribution is 2.15. The van der Waals surface area contributed by atoms with Crippen molar-refractivity contribution in [2.45, 2.75) is 19.8 Å². The van der Waals surface area contributed by atoms with Gasteiger partial charge in [0.25, 0.3) is 0 Å². The number of aryl methyl sites for hydroxylation is 1. The number of hydrogen-bond donors (Lipinski definition) is 0. The van der Waals surface area contributed by atoms with Gasteiger partial charge < -0.3 is 0 Å². The lowest BCUT2D eigenvalue weighted by Crippen LogP contribution is -1.82. The van der Waals surface area contributed by atoms with Crippen molar-refractivity contribution in [1.29, 1.82) is 0 Å². The Hall–Kier alpha value is -1.30. The van der Waals surface area contributed by atoms with Crippen molar-refractivity contribution in [1.82, 2.24) is 0 Å². The van der Waals surface area contributed by atoms with E-state index in [1.165, 1.54) is 22.8 Å². The molecule has 0 fully saturated rings. The molecule has 2 aromatic carbocycles. The van der Waals surface area contributed by atoms with Crippen LogP contribution in [0.5, 0.6) is 0 Å². The highest BCUT2D eigenvalue weighted by Gasteiger charge is 1.94. The molecule has 0 amide bonds. The Kier molecular flexibility index (Phi) is 2.31. The number of hydrogen-bond acceptors (Lipinski definition) is 0. The van der Waals surface area contributed by atoms with Crippen LogP contribution >= 0.6 is 0 Å². The van der Waals surface area contributed by atoms with E-state index in [2.05, 4.69) is 49.4 Å². The molecular formula is C13H13. The van der Waals surface area contributed by atoms with Gasteiger partial charge in [0, 0.05) is 0 Å². The number of fused-ring (bicyclic) bond motifs is 1. The second-order valence-corrected chi connectivity index (χ2v) is 3.35. The summed E-state index contributed by atoms with van der Waals surface area (Å²) in [6.45, 7) is 2.20. The van der Waals surface area contributed by atoms with E-state index < -0.39 is 0 Å². The zero-order valence-electron chi connectivity index (χ0n) is 7.88. The predicted molar refractivity (Wildman–Crippen MR) is 56.8 cm³/mol. The minimum absolute atomic E-state index is 1.15. The normalized spacial score (nSPS) is 10.5. The Morgan fingerprint density at radius 1 is 1.23 bits per heavy atom. The average Bonchev–Trinajstić information content (AvgIpc) is 2.18. The molecular weight excluding hydrogens is 156 g/mol. The summed E-state index contributed by atoms with van der Waals surface area (Å²) >= 11 is 0. The Labute approximate surface area is 79.2 Å². The lowest BCUT2D eigenvalue weighted by Gasteiger charge is -2.00. The SMILES string of the molecule is CCCc1c[c]c2ccccc2c1. The van der Waals surface area contributed by atoms with Gasteiger partial charge in [-0.05, 0) is 28.8 Å². The number of benzene rings is 2. The molecule has 0 unspecified atom stereocenters. The van der Waals surface area contributed by atoms with Gasteiger partial charge in [-0.15, -0.1) is 0 Å². The summed E-state index contributed by atoms with van der Waals surface area (Å²) in [4.78, 5) is 0. The monoisotopic (exact) mass is 169 g/mol. The summed E-state index contributed by atoms with van der Waals surface area (Å²) < 4.78 is 0. The highest BCUT2D eigenvalue weighted by molar-refractivity contribution is 5.82. The van der Waals surface area contributed by atoms with Crippen LogP contribution < -0.4 is 0 Å². The van der Waals surface area contributed by atoms with Crippen LogP contribution in [0, 0.1) is 6.07 Å². The molecule has 0 nitrogen and oxygen atoms in total. The van der Waals surface area contributed by atoms with Gasteiger partial charge >= 0.3 is 0 Å². The standard InChI is InChI=1S/C13H13/c1-2-5-11-8-9-12-6-3-4-7-13(12)10-11/h3-4,6-8,10H,2,5H2,1H3. The Balaban J connectivity index is 2.49. The van der Waals surface area contributed by atoms with Crippen molar-refractivity contribution >= 4 is 10.8 Å². The van der Waals surface area contributed by atoms with Crippen LogP contribution in [0.15, 0.2) is 36.4 Å². The Bertz CT molecular complexity index is 401. The molecule has 0 spiro atoms. The highest BCUT2D eigenvalue weighted by atomic mass is 14.0. The molecule has 0 aliphatic rings. The average molecular weight is 169 g/mol. The van der Waals surface area contributed by atoms with Crippen molar-refractivity contribution < 1.29 is 0 Å². The summed E-state index contributed by atoms with van der Waals surface area (Å²) in [6, 6.07) is 16.0. The van der Waals surface area contributed by atoms with Crippen molar-refractivity contribution in [2.24, 2.45) is 0 Å². The summed E-state index contributed by atoms with van der Waals surface area (Å²) in [5.74, 6) is 0. The maximum absolute atomic E-state index is 3.30. The van der Waals surface area contributed by atoms with Crippen LogP contribution in [-0.2, 0) is 6.42 Å². The van der Waals surface area contributed by atoms with E-state index in [9.17, 15) is 0 Å². The zero-order valence-corrected chi connectivity index (χ0v) is 7.88. The largest absolute Gasteiger partial charge is 0.0651 e. The van der Waals surface area contributed by atoms with Gasteiger partial charge in [0.1, 0.15) is 0 Å². The molecule has 0 heteroatoms. The van der Waals surface area contributed by atoms with Crippen LogP contribution in [0.3, 0.4) is 0 Å². The fourth-order valence-corrected chi connectivity index (χ4v) is 1.60. The molecule has 0 saturated heterocycles. The molecule has 13 heavy (non-hydrogen) atoms. The minimum atomic E-state index is 1.15. The van der Waals surface area contributed by atoms with Crippen molar-refractivity contribution in [3.8, 4) is 0 Å². The third kappa shape index (κ3) is 1.72. The van der Waals surface area contributed by atoms with Crippen LogP contribution in [0.25, 0.3) is 10.8 Å². The molecule has 0 bridgehead atoms. The number of rotatable bonds is 2. The molecule has 0 saturated carbocycles. The van der Waals surface area contributed by atoms with Gasteiger partial charge in [0.05, 0.1) is 0 Å². The van der Waals surface area contributed by atoms with E-state index in [1.807, 2.05) is 0 Å². The van der Waals surface area contributed by atoms with E-state index >= 15 is 0 Å². The molecule has 0 atom stereocenters. The second kappa shape index (κ2) is 3.61. The fraction of sp³-hybridized carbons (Fsp3) is 0.231. The predicted octanol–water partition coefficient (Wildman–Crippen LogP) is 3.59. The van der Waals surface area contributed by atoms with Crippen LogP contribution in [0.1, 0.15) is 18.9 Å². The first-order chi connectivity index (χ1) is 6.40. The van der Waals surface area contributed by atoms with Crippen LogP contribution in [0.4, 0.5) is 0 Å². The summed E-state index contributed by atoms with van der Waals surface area (Å²) in [7, 11) is 0. The molecule has 1 radical (unpaired) electrons. The lowest BCUT2D eigenvalue weighted by molar-refractivity contribution is 0.923. The molecule has 2 rings (SSSR count). The molecule has 2 aromatic rings. The van der Waals surface area contributed by atoms with E-state index in [4.69, 9.17) is 0 Å². The van der Waals surface area contributed by atoms with Gasteiger partial charge in [-0.1, -0.05) is 49.7 Å². The first-order valence-electron chi connectivity index (χ1n) is 4.79. The molecule has 0 aromatic heterocycles. The van der Waals surface area contributed by atoms with Crippen molar-refractivity contribution in [2.75, 3.05) is 0 Å². The zero-order chi connectivity index (χ0) is 9.10. The quantitative estimate of drug-likeness (QED) is 0.644. The molecule has 0 aliphatic heterocycles. The van der Waals surface area contributed by atoms with Gasteiger partial charge in [-0.25, -0.2) is 0 Å². The Morgan fingerprint density at radius 3 is 2.92 bits per heavy atom. The first kappa shape index (κ1) is 8.31. The molecule has 0 N–H and O–H groups in total. The van der Waals surface area contributed by atoms with Gasteiger partial charge in [0.15, 0.2) is 0 Å². The second-order valence-electron chi connectivity index (χ2n) is 3.35. The third-order valence-electron chi connectivity index (χ3n) is 2.25. The molecule has 0 heterocycles. The minimum Gasteiger partial charge on any atom is -0.0651 e. The van der Waals surface area contributed by atoms with Crippen LogP contribution in [0.2, 0.25) is 0 Å². The smallest absolute Gasteiger partial charge is 0.00963 e. The molecule has 0 aliphatic carbocycles. The summed E-state index contributed by atoms with van der Waals surface area (Å²) in [5, 5.41) is 2.51. The maximum atomic E-state index is 3.30. The van der Waals surface area contributed by atoms with Crippen molar-refractivity contribution in [3.63, 3.8) is 0 Å². The summed E-state index contributed by atoms with van der Waals surface area (Å²) in [5.41, 5.74) is 1.39. The van der Waals surface area contributed by atoms with E-state index in [0.717, 1.165) is 6.42 Å². The molecule has 65 valence electrons. The van der Waals surface area contributed by atoms with Crippen molar-refractivity contribution in [3.05, 3.63) is 48.0 Å². The Morgan fingerprint density at radius 2 is 2.08 bits per heavy atom. The van der Waals surface area contributed by atoms with E-state index in [0.29, 0.717) is 0 Å². The first-order valence-corrected chi connectivity index (χ1v) is 4.79.